The lowest BCUT2D eigenvalue weighted by atomic mass is 9.65. The van der Waals surface area contributed by atoms with Crippen LogP contribution in [0.3, 0.4) is 0 Å². The van der Waals surface area contributed by atoms with Crippen molar-refractivity contribution in [1.29, 1.82) is 0 Å². The molecule has 122 valence electrons. The number of aryl methyl sites for hydroxylation is 1. The number of hydroxylamine groups is 2. The molecule has 2 fully saturated rings. The topological polar surface area (TPSA) is 12.5 Å². The van der Waals surface area contributed by atoms with Gasteiger partial charge in [0.15, 0.2) is 0 Å². The molecule has 1 aliphatic carbocycles. The predicted octanol–water partition coefficient (Wildman–Crippen LogP) is 4.93. The minimum atomic E-state index is -0.0510. The molecule has 1 saturated heterocycles. The van der Waals surface area contributed by atoms with Crippen LogP contribution in [0, 0.1) is 18.8 Å². The summed E-state index contributed by atoms with van der Waals surface area (Å²) >= 11 is 0. The van der Waals surface area contributed by atoms with Gasteiger partial charge in [-0.15, -0.1) is 0 Å². The summed E-state index contributed by atoms with van der Waals surface area (Å²) in [6.45, 7) is 13.7. The van der Waals surface area contributed by atoms with E-state index < -0.39 is 0 Å². The van der Waals surface area contributed by atoms with Crippen LogP contribution >= 0.6 is 0 Å². The molecule has 1 aliphatic heterocycles. The number of hydrogen-bond acceptors (Lipinski definition) is 2. The second-order valence-electron chi connectivity index (χ2n) is 8.25. The van der Waals surface area contributed by atoms with Crippen molar-refractivity contribution in [1.82, 2.24) is 5.06 Å². The minimum absolute atomic E-state index is 0.0510. The highest BCUT2D eigenvalue weighted by Crippen LogP contribution is 2.51. The quantitative estimate of drug-likeness (QED) is 0.768. The van der Waals surface area contributed by atoms with Gasteiger partial charge in [-0.25, -0.2) is 0 Å². The number of rotatable bonds is 2. The maximum atomic E-state index is 6.38. The molecule has 1 heterocycles. The number of fused-ring (bicyclic) bond motifs is 1. The van der Waals surface area contributed by atoms with Gasteiger partial charge in [0.25, 0.3) is 0 Å². The predicted molar refractivity (Wildman–Crippen MR) is 91.7 cm³/mol. The Kier molecular flexibility index (Phi) is 4.11. The van der Waals surface area contributed by atoms with Gasteiger partial charge in [-0.05, 0) is 70.4 Å². The molecule has 2 heteroatoms. The molecule has 1 aromatic rings. The van der Waals surface area contributed by atoms with Crippen LogP contribution in [0.5, 0.6) is 0 Å². The molecule has 2 nitrogen and oxygen atoms in total. The Morgan fingerprint density at radius 1 is 1.18 bits per heavy atom. The van der Waals surface area contributed by atoms with Gasteiger partial charge in [0.1, 0.15) is 0 Å². The van der Waals surface area contributed by atoms with Crippen molar-refractivity contribution < 1.29 is 4.84 Å². The average Bonchev–Trinajstić information content (AvgIpc) is 2.72. The summed E-state index contributed by atoms with van der Waals surface area (Å²) < 4.78 is 0. The second kappa shape index (κ2) is 5.65. The van der Waals surface area contributed by atoms with Crippen molar-refractivity contribution >= 4 is 0 Å². The first kappa shape index (κ1) is 16.0. The van der Waals surface area contributed by atoms with Gasteiger partial charge in [0.05, 0.1) is 5.60 Å². The van der Waals surface area contributed by atoms with Crippen LogP contribution in [0.2, 0.25) is 0 Å². The van der Waals surface area contributed by atoms with E-state index in [1.165, 1.54) is 18.4 Å². The van der Waals surface area contributed by atoms with Crippen LogP contribution in [0.25, 0.3) is 0 Å². The number of hydrogen-bond donors (Lipinski definition) is 0. The van der Waals surface area contributed by atoms with Crippen LogP contribution in [-0.4, -0.2) is 22.7 Å². The van der Waals surface area contributed by atoms with Gasteiger partial charge in [0, 0.05) is 18.0 Å². The van der Waals surface area contributed by atoms with Gasteiger partial charge < -0.3 is 0 Å². The summed E-state index contributed by atoms with van der Waals surface area (Å²) in [5.74, 6) is 1.96. The highest BCUT2D eigenvalue weighted by Gasteiger charge is 2.54. The van der Waals surface area contributed by atoms with Crippen LogP contribution in [-0.2, 0) is 4.84 Å². The first-order valence-corrected chi connectivity index (χ1v) is 8.84. The Balaban J connectivity index is 1.90. The molecule has 4 atom stereocenters. The smallest absolute Gasteiger partial charge is 0.0888 e. The summed E-state index contributed by atoms with van der Waals surface area (Å²) in [5.41, 5.74) is 2.94. The Morgan fingerprint density at radius 2 is 1.86 bits per heavy atom. The monoisotopic (exact) mass is 301 g/mol. The molecule has 1 saturated carbocycles. The van der Waals surface area contributed by atoms with Crippen LogP contribution in [0.4, 0.5) is 0 Å². The molecule has 0 bridgehead atoms. The van der Waals surface area contributed by atoms with E-state index in [1.807, 2.05) is 0 Å². The molecule has 22 heavy (non-hydrogen) atoms. The number of benzene rings is 1. The summed E-state index contributed by atoms with van der Waals surface area (Å²) in [5, 5.41) is 2.30. The first-order chi connectivity index (χ1) is 10.3. The lowest BCUT2D eigenvalue weighted by Crippen LogP contribution is -2.45. The van der Waals surface area contributed by atoms with E-state index >= 15 is 0 Å². The molecule has 0 radical (unpaired) electrons. The van der Waals surface area contributed by atoms with Crippen LogP contribution in [0.15, 0.2) is 24.3 Å². The van der Waals surface area contributed by atoms with Gasteiger partial charge in [-0.3, -0.25) is 4.84 Å². The molecule has 0 spiro atoms. The third-order valence-electron chi connectivity index (χ3n) is 5.85. The Morgan fingerprint density at radius 3 is 2.50 bits per heavy atom. The van der Waals surface area contributed by atoms with Crippen molar-refractivity contribution in [3.8, 4) is 0 Å². The summed E-state index contributed by atoms with van der Waals surface area (Å²) in [6.07, 6.45) is 2.52. The molecule has 2 aliphatic rings. The minimum Gasteiger partial charge on any atom is -0.292 e. The summed E-state index contributed by atoms with van der Waals surface area (Å²) in [7, 11) is 0. The maximum absolute atomic E-state index is 6.38. The normalized spacial score (nSPS) is 34.9. The van der Waals surface area contributed by atoms with E-state index in [1.54, 1.807) is 5.56 Å². The highest BCUT2D eigenvalue weighted by atomic mass is 16.7. The zero-order chi connectivity index (χ0) is 16.1. The summed E-state index contributed by atoms with van der Waals surface area (Å²) in [4.78, 5) is 6.38. The second-order valence-corrected chi connectivity index (χ2v) is 8.25. The largest absolute Gasteiger partial charge is 0.292 e. The van der Waals surface area contributed by atoms with E-state index in [2.05, 4.69) is 70.9 Å². The van der Waals surface area contributed by atoms with E-state index in [0.29, 0.717) is 29.8 Å². The van der Waals surface area contributed by atoms with E-state index in [9.17, 15) is 0 Å². The molecule has 1 aromatic carbocycles. The standard InChI is InChI=1S/C20H31NO/c1-13(2)21-19-15(4)11-16(12-18(19)20(5,6)22-21)17-10-8-7-9-14(17)3/h7-10,13,15-16,18-19H,11-12H2,1-6H3/t15-,16+,18+,19+/m0/s1. The molecule has 0 N–H and O–H groups in total. The number of nitrogens with zero attached hydrogens (tertiary/aromatic N) is 1. The van der Waals surface area contributed by atoms with E-state index in [0.717, 1.165) is 0 Å². The summed E-state index contributed by atoms with van der Waals surface area (Å²) in [6, 6.07) is 9.94. The fourth-order valence-corrected chi connectivity index (χ4v) is 4.80. The first-order valence-electron chi connectivity index (χ1n) is 8.84. The van der Waals surface area contributed by atoms with E-state index in [4.69, 9.17) is 4.84 Å². The molecular weight excluding hydrogens is 270 g/mol. The van der Waals surface area contributed by atoms with Gasteiger partial charge in [0.2, 0.25) is 0 Å². The molecule has 0 aromatic heterocycles. The van der Waals surface area contributed by atoms with Gasteiger partial charge in [-0.1, -0.05) is 31.2 Å². The SMILES string of the molecule is Cc1ccccc1[C@H]1C[C@@H]2[C@@H]([C@@H](C)C1)N(C(C)C)OC2(C)C. The van der Waals surface area contributed by atoms with Crippen molar-refractivity contribution in [2.75, 3.05) is 0 Å². The fraction of sp³-hybridized carbons (Fsp3) is 0.700. The van der Waals surface area contributed by atoms with Crippen LogP contribution in [0.1, 0.15) is 64.5 Å². The molecule has 0 unspecified atom stereocenters. The molecular formula is C20H31NO. The third kappa shape index (κ3) is 2.61. The third-order valence-corrected chi connectivity index (χ3v) is 5.85. The van der Waals surface area contributed by atoms with Crippen molar-refractivity contribution in [3.63, 3.8) is 0 Å². The zero-order valence-electron chi connectivity index (χ0n) is 15.0. The average molecular weight is 301 g/mol. The zero-order valence-corrected chi connectivity index (χ0v) is 15.0. The Bertz CT molecular complexity index is 536. The highest BCUT2D eigenvalue weighted by molar-refractivity contribution is 5.30. The van der Waals surface area contributed by atoms with Gasteiger partial charge in [-0.2, -0.15) is 5.06 Å². The molecule has 3 rings (SSSR count). The fourth-order valence-electron chi connectivity index (χ4n) is 4.80. The lowest BCUT2D eigenvalue weighted by molar-refractivity contribution is -0.215. The Hall–Kier alpha value is -0.860. The van der Waals surface area contributed by atoms with Crippen LogP contribution < -0.4 is 0 Å². The van der Waals surface area contributed by atoms with Crippen molar-refractivity contribution in [3.05, 3.63) is 35.4 Å². The Labute approximate surface area is 135 Å². The van der Waals surface area contributed by atoms with Gasteiger partial charge >= 0.3 is 0 Å². The maximum Gasteiger partial charge on any atom is 0.0888 e. The molecule has 0 amide bonds. The van der Waals surface area contributed by atoms with E-state index in [-0.39, 0.29) is 5.60 Å². The lowest BCUT2D eigenvalue weighted by Gasteiger charge is -2.41. The van der Waals surface area contributed by atoms with Crippen molar-refractivity contribution in [2.24, 2.45) is 11.8 Å². The van der Waals surface area contributed by atoms with Crippen molar-refractivity contribution in [2.45, 2.75) is 78.0 Å².